The van der Waals surface area contributed by atoms with Gasteiger partial charge in [-0.2, -0.15) is 0 Å². The Morgan fingerprint density at radius 2 is 2.15 bits per heavy atom. The molecule has 0 saturated carbocycles. The zero-order chi connectivity index (χ0) is 9.90. The van der Waals surface area contributed by atoms with E-state index >= 15 is 0 Å². The summed E-state index contributed by atoms with van der Waals surface area (Å²) in [5.41, 5.74) is 0.410. The first kappa shape index (κ1) is 11.0. The van der Waals surface area contributed by atoms with Gasteiger partial charge in [-0.25, -0.2) is 0 Å². The van der Waals surface area contributed by atoms with Gasteiger partial charge in [-0.05, 0) is 38.8 Å². The molecule has 1 aliphatic heterocycles. The minimum Gasteiger partial charge on any atom is -0.319 e. The van der Waals surface area contributed by atoms with Gasteiger partial charge in [0.2, 0.25) is 0 Å². The van der Waals surface area contributed by atoms with Crippen LogP contribution >= 0.6 is 0 Å². The molecule has 1 aliphatic rings. The first-order valence-electron chi connectivity index (χ1n) is 5.44. The van der Waals surface area contributed by atoms with E-state index in [9.17, 15) is 0 Å². The molecule has 1 heterocycles. The number of nitrogens with one attached hydrogen (secondary N) is 1. The van der Waals surface area contributed by atoms with Crippen molar-refractivity contribution in [3.63, 3.8) is 0 Å². The predicted molar refractivity (Wildman–Crippen MR) is 58.0 cm³/mol. The lowest BCUT2D eigenvalue weighted by Gasteiger charge is -2.32. The Balaban J connectivity index is 2.37. The van der Waals surface area contributed by atoms with Gasteiger partial charge in [0.05, 0.1) is 0 Å². The monoisotopic (exact) mass is 184 g/mol. The van der Waals surface area contributed by atoms with Crippen molar-refractivity contribution in [2.45, 2.75) is 39.7 Å². The van der Waals surface area contributed by atoms with E-state index in [-0.39, 0.29) is 0 Å². The van der Waals surface area contributed by atoms with E-state index in [2.05, 4.69) is 31.0 Å². The third-order valence-electron chi connectivity index (χ3n) is 2.98. The van der Waals surface area contributed by atoms with Crippen LogP contribution in [-0.2, 0) is 0 Å². The van der Waals surface area contributed by atoms with E-state index < -0.39 is 0 Å². The fourth-order valence-corrected chi connectivity index (χ4v) is 2.31. The predicted octanol–water partition coefficient (Wildman–Crippen LogP) is 1.72. The summed E-state index contributed by atoms with van der Waals surface area (Å²) in [6, 6.07) is 0.802. The summed E-state index contributed by atoms with van der Waals surface area (Å²) in [5.74, 6) is 0. The summed E-state index contributed by atoms with van der Waals surface area (Å²) >= 11 is 0. The molecule has 0 aromatic carbocycles. The van der Waals surface area contributed by atoms with Crippen LogP contribution in [0.15, 0.2) is 0 Å². The van der Waals surface area contributed by atoms with Crippen LogP contribution in [0.2, 0.25) is 0 Å². The van der Waals surface area contributed by atoms with Crippen LogP contribution in [0.25, 0.3) is 0 Å². The quantitative estimate of drug-likeness (QED) is 0.715. The zero-order valence-corrected chi connectivity index (χ0v) is 9.56. The Kier molecular flexibility index (Phi) is 3.74. The molecule has 0 aromatic heterocycles. The van der Waals surface area contributed by atoms with Crippen LogP contribution in [0, 0.1) is 5.41 Å². The fraction of sp³-hybridized carbons (Fsp3) is 1.00. The van der Waals surface area contributed by atoms with Crippen molar-refractivity contribution in [2.75, 3.05) is 26.7 Å². The normalized spacial score (nSPS) is 25.4. The molecule has 1 N–H and O–H groups in total. The summed E-state index contributed by atoms with van der Waals surface area (Å²) < 4.78 is 0. The van der Waals surface area contributed by atoms with Gasteiger partial charge >= 0.3 is 0 Å². The number of likely N-dealkylation sites (tertiary alicyclic amines) is 1. The lowest BCUT2D eigenvalue weighted by molar-refractivity contribution is 0.171. The molecule has 0 spiro atoms. The van der Waals surface area contributed by atoms with E-state index in [0.29, 0.717) is 5.41 Å². The molecule has 0 radical (unpaired) electrons. The van der Waals surface area contributed by atoms with Crippen LogP contribution in [0.4, 0.5) is 0 Å². The lowest BCUT2D eigenvalue weighted by atomic mass is 9.92. The third kappa shape index (κ3) is 3.28. The summed E-state index contributed by atoms with van der Waals surface area (Å²) in [4.78, 5) is 2.62. The second-order valence-electron chi connectivity index (χ2n) is 5.16. The van der Waals surface area contributed by atoms with Gasteiger partial charge in [0, 0.05) is 19.1 Å². The van der Waals surface area contributed by atoms with Crippen molar-refractivity contribution in [1.29, 1.82) is 0 Å². The summed E-state index contributed by atoms with van der Waals surface area (Å²) in [6.07, 6.45) is 2.77. The molecule has 13 heavy (non-hydrogen) atoms. The second-order valence-corrected chi connectivity index (χ2v) is 5.16. The highest BCUT2D eigenvalue weighted by Gasteiger charge is 2.26. The number of nitrogens with zero attached hydrogens (tertiary/aromatic N) is 1. The van der Waals surface area contributed by atoms with Gasteiger partial charge in [-0.1, -0.05) is 13.8 Å². The number of hydrogen-bond donors (Lipinski definition) is 1. The molecule has 0 aliphatic carbocycles. The molecular formula is C11H24N2. The fourth-order valence-electron chi connectivity index (χ4n) is 2.31. The maximum Gasteiger partial charge on any atom is 0.00676 e. The third-order valence-corrected chi connectivity index (χ3v) is 2.98. The molecule has 1 saturated heterocycles. The molecule has 1 rings (SSSR count). The summed E-state index contributed by atoms with van der Waals surface area (Å²) in [5, 5.41) is 3.27. The van der Waals surface area contributed by atoms with Crippen LogP contribution in [-0.4, -0.2) is 37.6 Å². The first-order valence-corrected chi connectivity index (χ1v) is 5.44. The molecule has 0 aromatic rings. The largest absolute Gasteiger partial charge is 0.319 e. The minimum atomic E-state index is 0.410. The van der Waals surface area contributed by atoms with Gasteiger partial charge in [-0.3, -0.25) is 0 Å². The van der Waals surface area contributed by atoms with Crippen molar-refractivity contribution >= 4 is 0 Å². The SMILES string of the molecule is CNCC(C)(C)CN1CCCC1C. The molecule has 2 nitrogen and oxygen atoms in total. The highest BCUT2D eigenvalue weighted by atomic mass is 15.2. The lowest BCUT2D eigenvalue weighted by Crippen LogP contribution is -2.41. The van der Waals surface area contributed by atoms with Crippen molar-refractivity contribution < 1.29 is 0 Å². The Morgan fingerprint density at radius 1 is 1.46 bits per heavy atom. The highest BCUT2D eigenvalue weighted by Crippen LogP contribution is 2.23. The van der Waals surface area contributed by atoms with Crippen molar-refractivity contribution in [1.82, 2.24) is 10.2 Å². The molecule has 0 bridgehead atoms. The maximum absolute atomic E-state index is 3.27. The minimum absolute atomic E-state index is 0.410. The van der Waals surface area contributed by atoms with E-state index in [4.69, 9.17) is 0 Å². The van der Waals surface area contributed by atoms with E-state index in [1.54, 1.807) is 0 Å². The average Bonchev–Trinajstić information content (AvgIpc) is 2.35. The number of rotatable bonds is 4. The second kappa shape index (κ2) is 4.43. The van der Waals surface area contributed by atoms with Gasteiger partial charge < -0.3 is 10.2 Å². The Hall–Kier alpha value is -0.0800. The topological polar surface area (TPSA) is 15.3 Å². The highest BCUT2D eigenvalue weighted by molar-refractivity contribution is 4.82. The molecule has 1 fully saturated rings. The zero-order valence-electron chi connectivity index (χ0n) is 9.56. The van der Waals surface area contributed by atoms with Gasteiger partial charge in [-0.15, -0.1) is 0 Å². The van der Waals surface area contributed by atoms with Crippen molar-refractivity contribution in [3.8, 4) is 0 Å². The number of hydrogen-bond acceptors (Lipinski definition) is 2. The smallest absolute Gasteiger partial charge is 0.00676 e. The van der Waals surface area contributed by atoms with Crippen molar-refractivity contribution in [3.05, 3.63) is 0 Å². The van der Waals surface area contributed by atoms with Crippen LogP contribution in [0.5, 0.6) is 0 Å². The van der Waals surface area contributed by atoms with E-state index in [0.717, 1.165) is 12.6 Å². The molecule has 1 unspecified atom stereocenters. The van der Waals surface area contributed by atoms with Crippen LogP contribution in [0.3, 0.4) is 0 Å². The van der Waals surface area contributed by atoms with Crippen LogP contribution in [0.1, 0.15) is 33.6 Å². The summed E-state index contributed by atoms with van der Waals surface area (Å²) in [7, 11) is 2.04. The van der Waals surface area contributed by atoms with Crippen LogP contribution < -0.4 is 5.32 Å². The summed E-state index contributed by atoms with van der Waals surface area (Å²) in [6.45, 7) is 10.7. The van der Waals surface area contributed by atoms with Gasteiger partial charge in [0.15, 0.2) is 0 Å². The van der Waals surface area contributed by atoms with E-state index in [1.807, 2.05) is 7.05 Å². The van der Waals surface area contributed by atoms with Gasteiger partial charge in [0.1, 0.15) is 0 Å². The van der Waals surface area contributed by atoms with Crippen molar-refractivity contribution in [2.24, 2.45) is 5.41 Å². The molecular weight excluding hydrogens is 160 g/mol. The molecule has 1 atom stereocenters. The molecule has 78 valence electrons. The molecule has 2 heteroatoms. The Labute approximate surface area is 82.7 Å². The van der Waals surface area contributed by atoms with E-state index in [1.165, 1.54) is 25.9 Å². The van der Waals surface area contributed by atoms with Gasteiger partial charge in [0.25, 0.3) is 0 Å². The average molecular weight is 184 g/mol. The molecule has 0 amide bonds. The Bertz CT molecular complexity index is 154. The Morgan fingerprint density at radius 3 is 2.62 bits per heavy atom. The maximum atomic E-state index is 3.27. The standard InChI is InChI=1S/C11H24N2/c1-10-6-5-7-13(10)9-11(2,3)8-12-4/h10,12H,5-9H2,1-4H3. The first-order chi connectivity index (χ1) is 6.05.